The van der Waals surface area contributed by atoms with Crippen molar-refractivity contribution in [2.75, 3.05) is 14.2 Å². The van der Waals surface area contributed by atoms with Gasteiger partial charge in [-0.1, -0.05) is 30.3 Å². The highest BCUT2D eigenvalue weighted by atomic mass is 16.5. The first kappa shape index (κ1) is 14.2. The third kappa shape index (κ3) is 2.22. The average Bonchev–Trinajstić information content (AvgIpc) is 2.94. The van der Waals surface area contributed by atoms with Gasteiger partial charge in [0.05, 0.1) is 12.7 Å². The van der Waals surface area contributed by atoms with Crippen molar-refractivity contribution < 1.29 is 13.9 Å². The molecule has 0 aliphatic rings. The number of nitrogens with one attached hydrogen (secondary N) is 1. The van der Waals surface area contributed by atoms with E-state index < -0.39 is 0 Å². The van der Waals surface area contributed by atoms with E-state index in [1.165, 1.54) is 0 Å². The minimum Gasteiger partial charge on any atom is -0.497 e. The molecular formula is C18H17NO3. The average molecular weight is 295 g/mol. The minimum atomic E-state index is -0.176. The first-order chi connectivity index (χ1) is 10.7. The van der Waals surface area contributed by atoms with Gasteiger partial charge in [0.25, 0.3) is 5.91 Å². The van der Waals surface area contributed by atoms with E-state index in [1.807, 2.05) is 49.4 Å². The van der Waals surface area contributed by atoms with E-state index in [2.05, 4.69) is 5.32 Å². The Morgan fingerprint density at radius 3 is 2.55 bits per heavy atom. The predicted octanol–water partition coefficient (Wildman–Crippen LogP) is 3.78. The maximum absolute atomic E-state index is 12.4. The van der Waals surface area contributed by atoms with Gasteiger partial charge in [-0.25, -0.2) is 0 Å². The molecule has 0 atom stereocenters. The normalized spacial score (nSPS) is 10.7. The van der Waals surface area contributed by atoms with Crippen LogP contribution in [-0.4, -0.2) is 20.1 Å². The van der Waals surface area contributed by atoms with Crippen LogP contribution in [0.3, 0.4) is 0 Å². The molecule has 1 amide bonds. The van der Waals surface area contributed by atoms with E-state index in [0.717, 1.165) is 16.5 Å². The SMILES string of the molecule is CNC(=O)c1c(-c2ccccc2)oc2c(C)cc(OC)cc12. The van der Waals surface area contributed by atoms with Gasteiger partial charge < -0.3 is 14.5 Å². The number of carbonyl (C=O) groups excluding carboxylic acids is 1. The lowest BCUT2D eigenvalue weighted by Gasteiger charge is -2.03. The third-order valence-corrected chi connectivity index (χ3v) is 3.67. The fourth-order valence-electron chi connectivity index (χ4n) is 2.60. The molecule has 3 aromatic rings. The van der Waals surface area contributed by atoms with E-state index in [4.69, 9.17) is 9.15 Å². The van der Waals surface area contributed by atoms with Gasteiger partial charge in [-0.05, 0) is 24.6 Å². The number of furan rings is 1. The maximum atomic E-state index is 12.4. The standard InChI is InChI=1S/C18H17NO3/c1-11-9-13(21-3)10-14-15(18(20)19-2)17(22-16(11)14)12-7-5-4-6-8-12/h4-10H,1-3H3,(H,19,20). The Hall–Kier alpha value is -2.75. The Bertz CT molecular complexity index is 834. The molecule has 22 heavy (non-hydrogen) atoms. The van der Waals surface area contributed by atoms with Crippen LogP contribution >= 0.6 is 0 Å². The number of rotatable bonds is 3. The van der Waals surface area contributed by atoms with Gasteiger partial charge in [0, 0.05) is 18.0 Å². The van der Waals surface area contributed by atoms with Gasteiger partial charge in [-0.2, -0.15) is 0 Å². The number of methoxy groups -OCH3 is 1. The highest BCUT2D eigenvalue weighted by Crippen LogP contribution is 2.37. The van der Waals surface area contributed by atoms with Crippen molar-refractivity contribution in [2.45, 2.75) is 6.92 Å². The second-order valence-corrected chi connectivity index (χ2v) is 5.07. The van der Waals surface area contributed by atoms with Gasteiger partial charge in [-0.3, -0.25) is 4.79 Å². The number of benzene rings is 2. The Morgan fingerprint density at radius 1 is 1.18 bits per heavy atom. The quantitative estimate of drug-likeness (QED) is 0.800. The van der Waals surface area contributed by atoms with Crippen molar-refractivity contribution in [2.24, 2.45) is 0 Å². The highest BCUT2D eigenvalue weighted by Gasteiger charge is 2.22. The van der Waals surface area contributed by atoms with Gasteiger partial charge >= 0.3 is 0 Å². The molecule has 112 valence electrons. The van der Waals surface area contributed by atoms with Crippen molar-refractivity contribution in [3.05, 3.63) is 53.6 Å². The summed E-state index contributed by atoms with van der Waals surface area (Å²) < 4.78 is 11.3. The van der Waals surface area contributed by atoms with E-state index >= 15 is 0 Å². The summed E-state index contributed by atoms with van der Waals surface area (Å²) in [6.07, 6.45) is 0. The van der Waals surface area contributed by atoms with Crippen molar-refractivity contribution >= 4 is 16.9 Å². The van der Waals surface area contributed by atoms with Gasteiger partial charge in [0.2, 0.25) is 0 Å². The van der Waals surface area contributed by atoms with Crippen molar-refractivity contribution in [3.8, 4) is 17.1 Å². The summed E-state index contributed by atoms with van der Waals surface area (Å²) in [5.74, 6) is 1.10. The summed E-state index contributed by atoms with van der Waals surface area (Å²) in [7, 11) is 3.22. The minimum absolute atomic E-state index is 0.176. The molecule has 0 saturated heterocycles. The molecule has 1 N–H and O–H groups in total. The van der Waals surface area contributed by atoms with Crippen LogP contribution in [0.15, 0.2) is 46.9 Å². The number of hydrogen-bond donors (Lipinski definition) is 1. The topological polar surface area (TPSA) is 51.5 Å². The lowest BCUT2D eigenvalue weighted by molar-refractivity contribution is 0.0964. The van der Waals surface area contributed by atoms with Crippen molar-refractivity contribution in [3.63, 3.8) is 0 Å². The molecule has 4 heteroatoms. The molecule has 0 spiro atoms. The summed E-state index contributed by atoms with van der Waals surface area (Å²) in [5, 5.41) is 3.45. The number of fused-ring (bicyclic) bond motifs is 1. The summed E-state index contributed by atoms with van der Waals surface area (Å²) >= 11 is 0. The van der Waals surface area contributed by atoms with Crippen LogP contribution in [0.4, 0.5) is 0 Å². The Kier molecular flexibility index (Phi) is 3.59. The number of amides is 1. The summed E-state index contributed by atoms with van der Waals surface area (Å²) in [6, 6.07) is 13.4. The first-order valence-electron chi connectivity index (χ1n) is 7.04. The fourth-order valence-corrected chi connectivity index (χ4v) is 2.60. The zero-order valence-electron chi connectivity index (χ0n) is 12.8. The molecule has 0 radical (unpaired) electrons. The lowest BCUT2D eigenvalue weighted by atomic mass is 10.0. The Morgan fingerprint density at radius 2 is 1.91 bits per heavy atom. The first-order valence-corrected chi connectivity index (χ1v) is 7.04. The van der Waals surface area contributed by atoms with Crippen LogP contribution in [-0.2, 0) is 0 Å². The zero-order chi connectivity index (χ0) is 15.7. The van der Waals surface area contributed by atoms with Crippen molar-refractivity contribution in [1.29, 1.82) is 0 Å². The second kappa shape index (κ2) is 5.56. The van der Waals surface area contributed by atoms with Crippen LogP contribution < -0.4 is 10.1 Å². The van der Waals surface area contributed by atoms with Crippen molar-refractivity contribution in [1.82, 2.24) is 5.32 Å². The number of ether oxygens (including phenoxy) is 1. The molecule has 0 saturated carbocycles. The zero-order valence-corrected chi connectivity index (χ0v) is 12.8. The van der Waals surface area contributed by atoms with Crippen LogP contribution in [0.5, 0.6) is 5.75 Å². The van der Waals surface area contributed by atoms with Crippen LogP contribution in [0, 0.1) is 6.92 Å². The van der Waals surface area contributed by atoms with E-state index in [9.17, 15) is 4.79 Å². The molecule has 0 aliphatic carbocycles. The number of hydrogen-bond acceptors (Lipinski definition) is 3. The Balaban J connectivity index is 2.37. The van der Waals surface area contributed by atoms with Gasteiger partial charge in [-0.15, -0.1) is 0 Å². The summed E-state index contributed by atoms with van der Waals surface area (Å²) in [4.78, 5) is 12.4. The molecule has 1 heterocycles. The third-order valence-electron chi connectivity index (χ3n) is 3.67. The molecule has 2 aromatic carbocycles. The Labute approximate surface area is 128 Å². The monoisotopic (exact) mass is 295 g/mol. The van der Waals surface area contributed by atoms with Crippen LogP contribution in [0.2, 0.25) is 0 Å². The van der Waals surface area contributed by atoms with Crippen LogP contribution in [0.25, 0.3) is 22.3 Å². The fraction of sp³-hybridized carbons (Fsp3) is 0.167. The molecular weight excluding hydrogens is 278 g/mol. The largest absolute Gasteiger partial charge is 0.497 e. The van der Waals surface area contributed by atoms with Gasteiger partial charge in [0.15, 0.2) is 0 Å². The number of aryl methyl sites for hydroxylation is 1. The maximum Gasteiger partial charge on any atom is 0.255 e. The molecule has 4 nitrogen and oxygen atoms in total. The lowest BCUT2D eigenvalue weighted by Crippen LogP contribution is -2.18. The predicted molar refractivity (Wildman–Crippen MR) is 86.3 cm³/mol. The van der Waals surface area contributed by atoms with E-state index in [1.54, 1.807) is 14.2 Å². The van der Waals surface area contributed by atoms with E-state index in [0.29, 0.717) is 22.7 Å². The summed E-state index contributed by atoms with van der Waals surface area (Å²) in [6.45, 7) is 1.94. The summed E-state index contributed by atoms with van der Waals surface area (Å²) in [5.41, 5.74) is 3.04. The molecule has 1 aromatic heterocycles. The van der Waals surface area contributed by atoms with Crippen LogP contribution in [0.1, 0.15) is 15.9 Å². The van der Waals surface area contributed by atoms with E-state index in [-0.39, 0.29) is 5.91 Å². The molecule has 0 aliphatic heterocycles. The number of carbonyl (C=O) groups is 1. The molecule has 0 bridgehead atoms. The van der Waals surface area contributed by atoms with Gasteiger partial charge in [0.1, 0.15) is 17.1 Å². The molecule has 3 rings (SSSR count). The molecule has 0 unspecified atom stereocenters. The second-order valence-electron chi connectivity index (χ2n) is 5.07. The highest BCUT2D eigenvalue weighted by molar-refractivity contribution is 6.11. The smallest absolute Gasteiger partial charge is 0.255 e. The molecule has 0 fully saturated rings.